The summed E-state index contributed by atoms with van der Waals surface area (Å²) >= 11 is 0. The van der Waals surface area contributed by atoms with E-state index < -0.39 is 0 Å². The average Bonchev–Trinajstić information content (AvgIpc) is 2.72. The summed E-state index contributed by atoms with van der Waals surface area (Å²) in [6.07, 6.45) is 5.98. The summed E-state index contributed by atoms with van der Waals surface area (Å²) < 4.78 is 11.4. The zero-order valence-electron chi connectivity index (χ0n) is 11.9. The predicted octanol–water partition coefficient (Wildman–Crippen LogP) is 2.78. The SMILES string of the molecule is NCC1CCCCC1Nc1ccc2c(c1)OCCCO2. The van der Waals surface area contributed by atoms with Gasteiger partial charge < -0.3 is 20.5 Å². The van der Waals surface area contributed by atoms with Crippen LogP contribution in [0.4, 0.5) is 5.69 Å². The highest BCUT2D eigenvalue weighted by atomic mass is 16.5. The third kappa shape index (κ3) is 3.01. The third-order valence-electron chi connectivity index (χ3n) is 4.31. The minimum Gasteiger partial charge on any atom is -0.490 e. The Hall–Kier alpha value is -1.42. The van der Waals surface area contributed by atoms with Gasteiger partial charge in [-0.2, -0.15) is 0 Å². The van der Waals surface area contributed by atoms with Gasteiger partial charge in [0, 0.05) is 24.2 Å². The summed E-state index contributed by atoms with van der Waals surface area (Å²) in [6, 6.07) is 6.63. The second kappa shape index (κ2) is 6.35. The highest BCUT2D eigenvalue weighted by Gasteiger charge is 2.24. The molecule has 110 valence electrons. The Morgan fingerprint density at radius 1 is 1.05 bits per heavy atom. The Kier molecular flexibility index (Phi) is 4.31. The molecule has 3 N–H and O–H groups in total. The van der Waals surface area contributed by atoms with Gasteiger partial charge in [-0.15, -0.1) is 0 Å². The topological polar surface area (TPSA) is 56.5 Å². The third-order valence-corrected chi connectivity index (χ3v) is 4.31. The van der Waals surface area contributed by atoms with E-state index in [1.54, 1.807) is 0 Å². The van der Waals surface area contributed by atoms with Crippen molar-refractivity contribution in [1.29, 1.82) is 0 Å². The Balaban J connectivity index is 1.72. The number of fused-ring (bicyclic) bond motifs is 1. The molecule has 4 heteroatoms. The van der Waals surface area contributed by atoms with Gasteiger partial charge in [0.05, 0.1) is 13.2 Å². The first kappa shape index (κ1) is 13.6. The van der Waals surface area contributed by atoms with Crippen LogP contribution in [0.5, 0.6) is 11.5 Å². The summed E-state index contributed by atoms with van der Waals surface area (Å²) in [5.74, 6) is 2.29. The number of benzene rings is 1. The monoisotopic (exact) mass is 276 g/mol. The Labute approximate surface area is 120 Å². The number of nitrogens with two attached hydrogens (primary N) is 1. The average molecular weight is 276 g/mol. The number of hydrogen-bond donors (Lipinski definition) is 2. The normalized spacial score (nSPS) is 25.9. The van der Waals surface area contributed by atoms with Gasteiger partial charge in [0.2, 0.25) is 0 Å². The summed E-state index contributed by atoms with van der Waals surface area (Å²) in [5.41, 5.74) is 7.00. The molecule has 1 aliphatic carbocycles. The Morgan fingerprint density at radius 2 is 1.85 bits per heavy atom. The number of anilines is 1. The van der Waals surface area contributed by atoms with Crippen LogP contribution in [-0.4, -0.2) is 25.8 Å². The molecule has 0 amide bonds. The van der Waals surface area contributed by atoms with Gasteiger partial charge >= 0.3 is 0 Å². The van der Waals surface area contributed by atoms with Crippen LogP contribution in [0.1, 0.15) is 32.1 Å². The number of ether oxygens (including phenoxy) is 2. The van der Waals surface area contributed by atoms with Crippen LogP contribution >= 0.6 is 0 Å². The molecule has 1 aromatic rings. The first-order chi connectivity index (χ1) is 9.86. The maximum atomic E-state index is 5.89. The van der Waals surface area contributed by atoms with Gasteiger partial charge in [-0.25, -0.2) is 0 Å². The molecule has 0 saturated heterocycles. The molecule has 1 fully saturated rings. The molecule has 0 radical (unpaired) electrons. The lowest BCUT2D eigenvalue weighted by Crippen LogP contribution is -2.36. The highest BCUT2D eigenvalue weighted by molar-refractivity contribution is 5.55. The summed E-state index contributed by atoms with van der Waals surface area (Å²) in [6.45, 7) is 2.23. The van der Waals surface area contributed by atoms with Gasteiger partial charge in [-0.3, -0.25) is 0 Å². The number of rotatable bonds is 3. The van der Waals surface area contributed by atoms with E-state index in [0.29, 0.717) is 12.0 Å². The van der Waals surface area contributed by atoms with E-state index in [-0.39, 0.29) is 0 Å². The quantitative estimate of drug-likeness (QED) is 0.891. The van der Waals surface area contributed by atoms with Crippen molar-refractivity contribution >= 4 is 5.69 Å². The minimum atomic E-state index is 0.485. The predicted molar refractivity (Wildman–Crippen MR) is 80.5 cm³/mol. The van der Waals surface area contributed by atoms with Crippen LogP contribution in [-0.2, 0) is 0 Å². The number of nitrogens with one attached hydrogen (secondary N) is 1. The van der Waals surface area contributed by atoms with Crippen LogP contribution in [0.2, 0.25) is 0 Å². The van der Waals surface area contributed by atoms with Gasteiger partial charge in [-0.1, -0.05) is 12.8 Å². The Morgan fingerprint density at radius 3 is 2.70 bits per heavy atom. The van der Waals surface area contributed by atoms with E-state index in [1.807, 2.05) is 6.07 Å². The van der Waals surface area contributed by atoms with Crippen molar-refractivity contribution in [1.82, 2.24) is 0 Å². The second-order valence-electron chi connectivity index (χ2n) is 5.74. The fourth-order valence-electron chi connectivity index (χ4n) is 3.15. The molecule has 0 spiro atoms. The Bertz CT molecular complexity index is 450. The van der Waals surface area contributed by atoms with Crippen LogP contribution in [0, 0.1) is 5.92 Å². The molecule has 2 unspecified atom stereocenters. The van der Waals surface area contributed by atoms with Crippen molar-refractivity contribution < 1.29 is 9.47 Å². The van der Waals surface area contributed by atoms with E-state index in [1.165, 1.54) is 25.7 Å². The van der Waals surface area contributed by atoms with E-state index in [2.05, 4.69) is 17.4 Å². The van der Waals surface area contributed by atoms with E-state index >= 15 is 0 Å². The van der Waals surface area contributed by atoms with Crippen molar-refractivity contribution in [3.63, 3.8) is 0 Å². The molecule has 0 aromatic heterocycles. The molecule has 2 atom stereocenters. The second-order valence-corrected chi connectivity index (χ2v) is 5.74. The first-order valence-corrected chi connectivity index (χ1v) is 7.73. The van der Waals surface area contributed by atoms with Crippen molar-refractivity contribution in [2.45, 2.75) is 38.1 Å². The van der Waals surface area contributed by atoms with Crippen molar-refractivity contribution in [2.24, 2.45) is 11.7 Å². The van der Waals surface area contributed by atoms with Crippen LogP contribution in [0.3, 0.4) is 0 Å². The zero-order valence-corrected chi connectivity index (χ0v) is 11.9. The van der Waals surface area contributed by atoms with Crippen LogP contribution < -0.4 is 20.5 Å². The highest BCUT2D eigenvalue weighted by Crippen LogP contribution is 2.34. The summed E-state index contributed by atoms with van der Waals surface area (Å²) in [7, 11) is 0. The molecule has 3 rings (SSSR count). The molecule has 0 bridgehead atoms. The molecule has 20 heavy (non-hydrogen) atoms. The molecular formula is C16H24N2O2. The smallest absolute Gasteiger partial charge is 0.163 e. The zero-order chi connectivity index (χ0) is 13.8. The summed E-state index contributed by atoms with van der Waals surface area (Å²) in [5, 5.41) is 3.64. The van der Waals surface area contributed by atoms with Crippen LogP contribution in [0.25, 0.3) is 0 Å². The fraction of sp³-hybridized carbons (Fsp3) is 0.625. The maximum Gasteiger partial charge on any atom is 0.163 e. The van der Waals surface area contributed by atoms with E-state index in [4.69, 9.17) is 15.2 Å². The van der Waals surface area contributed by atoms with Crippen molar-refractivity contribution in [2.75, 3.05) is 25.1 Å². The van der Waals surface area contributed by atoms with Crippen molar-refractivity contribution in [3.8, 4) is 11.5 Å². The molecule has 2 aliphatic rings. The first-order valence-electron chi connectivity index (χ1n) is 7.73. The lowest BCUT2D eigenvalue weighted by molar-refractivity contribution is 0.297. The minimum absolute atomic E-state index is 0.485. The molecule has 1 heterocycles. The van der Waals surface area contributed by atoms with E-state index in [9.17, 15) is 0 Å². The van der Waals surface area contributed by atoms with Gasteiger partial charge in [0.15, 0.2) is 11.5 Å². The molecule has 4 nitrogen and oxygen atoms in total. The van der Waals surface area contributed by atoms with Gasteiger partial charge in [-0.05, 0) is 37.4 Å². The van der Waals surface area contributed by atoms with Gasteiger partial charge in [0.1, 0.15) is 0 Å². The molecular weight excluding hydrogens is 252 g/mol. The van der Waals surface area contributed by atoms with Crippen molar-refractivity contribution in [3.05, 3.63) is 18.2 Å². The standard InChI is InChI=1S/C16H24N2O2/c17-11-12-4-1-2-5-14(12)18-13-6-7-15-16(10-13)20-9-3-8-19-15/h6-7,10,12,14,18H,1-5,8-9,11,17H2. The molecule has 1 aliphatic heterocycles. The van der Waals surface area contributed by atoms with Crippen LogP contribution in [0.15, 0.2) is 18.2 Å². The number of hydrogen-bond acceptors (Lipinski definition) is 4. The fourth-order valence-corrected chi connectivity index (χ4v) is 3.15. The van der Waals surface area contributed by atoms with E-state index in [0.717, 1.165) is 43.4 Å². The molecule has 1 saturated carbocycles. The molecule has 1 aromatic carbocycles. The maximum absolute atomic E-state index is 5.89. The lowest BCUT2D eigenvalue weighted by atomic mass is 9.84. The summed E-state index contributed by atoms with van der Waals surface area (Å²) in [4.78, 5) is 0. The lowest BCUT2D eigenvalue weighted by Gasteiger charge is -2.32. The van der Waals surface area contributed by atoms with Gasteiger partial charge in [0.25, 0.3) is 0 Å². The largest absolute Gasteiger partial charge is 0.490 e.